The van der Waals surface area contributed by atoms with Gasteiger partial charge in [0, 0.05) is 48.8 Å². The number of hydrogen-bond acceptors (Lipinski definition) is 6. The van der Waals surface area contributed by atoms with E-state index in [-0.39, 0.29) is 25.1 Å². The van der Waals surface area contributed by atoms with E-state index in [0.29, 0.717) is 41.8 Å². The van der Waals surface area contributed by atoms with E-state index in [0.717, 1.165) is 19.3 Å². The van der Waals surface area contributed by atoms with Crippen LogP contribution in [-0.2, 0) is 9.47 Å². The van der Waals surface area contributed by atoms with Gasteiger partial charge >= 0.3 is 6.09 Å². The number of benzene rings is 1. The molecule has 0 atom stereocenters. The zero-order valence-corrected chi connectivity index (χ0v) is 22.3. The van der Waals surface area contributed by atoms with Crippen LogP contribution in [0.25, 0.3) is 0 Å². The Morgan fingerprint density at radius 2 is 1.81 bits per heavy atom. The third-order valence-electron chi connectivity index (χ3n) is 5.65. The van der Waals surface area contributed by atoms with Crippen molar-refractivity contribution in [3.63, 3.8) is 0 Å². The molecule has 1 aliphatic rings. The molecule has 2 amide bonds. The number of anilines is 1. The molecule has 0 radical (unpaired) electrons. The molecule has 0 saturated carbocycles. The Bertz CT molecular complexity index is 1010. The van der Waals surface area contributed by atoms with Crippen LogP contribution in [0.3, 0.4) is 0 Å². The van der Waals surface area contributed by atoms with Crippen molar-refractivity contribution in [2.45, 2.75) is 58.6 Å². The Kier molecular flexibility index (Phi) is 9.96. The fourth-order valence-electron chi connectivity index (χ4n) is 4.04. The summed E-state index contributed by atoms with van der Waals surface area (Å²) in [6.45, 7) is 9.92. The lowest BCUT2D eigenvalue weighted by Gasteiger charge is -2.34. The highest BCUT2D eigenvalue weighted by Crippen LogP contribution is 2.25. The molecule has 0 unspecified atom stereocenters. The Morgan fingerprint density at radius 3 is 2.44 bits per heavy atom. The van der Waals surface area contributed by atoms with Crippen molar-refractivity contribution in [3.05, 3.63) is 53.3 Å². The van der Waals surface area contributed by atoms with Gasteiger partial charge in [-0.3, -0.25) is 14.7 Å². The summed E-state index contributed by atoms with van der Waals surface area (Å²) in [6, 6.07) is 8.67. The predicted molar refractivity (Wildman–Crippen MR) is 140 cm³/mol. The molecule has 9 heteroatoms. The number of carbonyl (C=O) groups excluding carboxylic acids is 2. The topological polar surface area (TPSA) is 81.2 Å². The van der Waals surface area contributed by atoms with Crippen molar-refractivity contribution in [1.29, 1.82) is 0 Å². The number of pyridine rings is 1. The molecule has 0 aliphatic carbocycles. The second kappa shape index (κ2) is 12.9. The molecule has 196 valence electrons. The Labute approximate surface area is 218 Å². The van der Waals surface area contributed by atoms with Crippen LogP contribution in [0.4, 0.5) is 10.5 Å². The number of amides is 2. The summed E-state index contributed by atoms with van der Waals surface area (Å²) < 4.78 is 17.0. The first-order chi connectivity index (χ1) is 17.2. The van der Waals surface area contributed by atoms with Crippen molar-refractivity contribution in [1.82, 2.24) is 9.88 Å². The minimum Gasteiger partial charge on any atom is -0.492 e. The van der Waals surface area contributed by atoms with Crippen molar-refractivity contribution in [2.75, 3.05) is 37.8 Å². The van der Waals surface area contributed by atoms with Gasteiger partial charge in [-0.2, -0.15) is 0 Å². The van der Waals surface area contributed by atoms with Crippen LogP contribution < -0.4 is 9.64 Å². The highest BCUT2D eigenvalue weighted by molar-refractivity contribution is 6.31. The smallest absolute Gasteiger partial charge is 0.414 e. The number of hydrogen-bond donors (Lipinski definition) is 0. The van der Waals surface area contributed by atoms with E-state index in [4.69, 9.17) is 25.8 Å². The summed E-state index contributed by atoms with van der Waals surface area (Å²) in [5.41, 5.74) is 0.493. The number of nitrogens with zero attached hydrogens (tertiary/aromatic N) is 3. The van der Waals surface area contributed by atoms with Crippen molar-refractivity contribution in [3.8, 4) is 5.75 Å². The molecule has 0 N–H and O–H groups in total. The highest BCUT2D eigenvalue weighted by Gasteiger charge is 2.27. The van der Waals surface area contributed by atoms with Gasteiger partial charge < -0.3 is 19.1 Å². The van der Waals surface area contributed by atoms with Gasteiger partial charge in [-0.05, 0) is 70.4 Å². The molecule has 1 aromatic heterocycles. The summed E-state index contributed by atoms with van der Waals surface area (Å²) in [5.74, 6) is 0.399. The van der Waals surface area contributed by atoms with Gasteiger partial charge in [0.15, 0.2) is 0 Å². The van der Waals surface area contributed by atoms with E-state index in [9.17, 15) is 9.59 Å². The van der Waals surface area contributed by atoms with Crippen LogP contribution in [0.15, 0.2) is 42.7 Å². The lowest BCUT2D eigenvalue weighted by Crippen LogP contribution is -2.43. The quantitative estimate of drug-likeness (QED) is 0.431. The summed E-state index contributed by atoms with van der Waals surface area (Å²) in [4.78, 5) is 33.7. The van der Waals surface area contributed by atoms with E-state index < -0.39 is 11.7 Å². The van der Waals surface area contributed by atoms with Crippen LogP contribution >= 0.6 is 11.6 Å². The average Bonchev–Trinajstić information content (AvgIpc) is 2.84. The van der Waals surface area contributed by atoms with Gasteiger partial charge in [0.2, 0.25) is 0 Å². The Morgan fingerprint density at radius 1 is 1.11 bits per heavy atom. The van der Waals surface area contributed by atoms with Gasteiger partial charge in [-0.15, -0.1) is 0 Å². The molecule has 1 saturated heterocycles. The first-order valence-electron chi connectivity index (χ1n) is 12.4. The third kappa shape index (κ3) is 8.10. The molecule has 36 heavy (non-hydrogen) atoms. The largest absolute Gasteiger partial charge is 0.492 e. The molecule has 3 rings (SSSR count). The predicted octanol–water partition coefficient (Wildman–Crippen LogP) is 5.59. The molecule has 2 aromatic rings. The van der Waals surface area contributed by atoms with Crippen molar-refractivity contribution < 1.29 is 23.8 Å². The maximum atomic E-state index is 13.4. The fourth-order valence-corrected chi connectivity index (χ4v) is 4.27. The van der Waals surface area contributed by atoms with Gasteiger partial charge in [0.25, 0.3) is 5.91 Å². The first kappa shape index (κ1) is 27.7. The standard InChI is InChI=1S/C27H36ClN3O5/c1-5-12-30(23-8-14-34-15-9-23)25(32)20-17-21(28)19-24(18-20)35-16-13-31(22-6-10-29-11-7-22)26(33)36-27(2,3)4/h6-7,10-11,17-19,23H,5,8-9,12-16H2,1-4H3. The third-order valence-corrected chi connectivity index (χ3v) is 5.87. The Balaban J connectivity index is 1.71. The van der Waals surface area contributed by atoms with Crippen LogP contribution in [-0.4, -0.2) is 66.4 Å². The SMILES string of the molecule is CCCN(C(=O)c1cc(Cl)cc(OCCN(C(=O)OC(C)(C)C)c2ccncc2)c1)C1CCOCC1. The number of rotatable bonds is 9. The normalized spacial score (nSPS) is 14.2. The molecule has 8 nitrogen and oxygen atoms in total. The summed E-state index contributed by atoms with van der Waals surface area (Å²) in [6.07, 6.45) is 5.26. The number of carbonyl (C=O) groups is 2. The summed E-state index contributed by atoms with van der Waals surface area (Å²) in [5, 5.41) is 0.414. The Hall–Kier alpha value is -2.84. The van der Waals surface area contributed by atoms with Crippen LogP contribution in [0.1, 0.15) is 57.3 Å². The van der Waals surface area contributed by atoms with Crippen molar-refractivity contribution in [2.24, 2.45) is 0 Å². The molecule has 2 heterocycles. The lowest BCUT2D eigenvalue weighted by atomic mass is 10.0. The fraction of sp³-hybridized carbons (Fsp3) is 0.519. The van der Waals surface area contributed by atoms with Gasteiger partial charge in [0.05, 0.1) is 12.2 Å². The average molecular weight is 518 g/mol. The monoisotopic (exact) mass is 517 g/mol. The lowest BCUT2D eigenvalue weighted by molar-refractivity contribution is 0.0290. The van der Waals surface area contributed by atoms with Crippen LogP contribution in [0, 0.1) is 0 Å². The molecule has 1 aromatic carbocycles. The number of halogens is 1. The van der Waals surface area contributed by atoms with E-state index >= 15 is 0 Å². The summed E-state index contributed by atoms with van der Waals surface area (Å²) >= 11 is 6.36. The first-order valence-corrected chi connectivity index (χ1v) is 12.8. The van der Waals surface area contributed by atoms with Crippen LogP contribution in [0.2, 0.25) is 5.02 Å². The molecule has 0 bridgehead atoms. The second-order valence-corrected chi connectivity index (χ2v) is 10.1. The van der Waals surface area contributed by atoms with Gasteiger partial charge in [0.1, 0.15) is 18.0 Å². The van der Waals surface area contributed by atoms with Gasteiger partial charge in [-0.1, -0.05) is 18.5 Å². The molecular weight excluding hydrogens is 482 g/mol. The van der Waals surface area contributed by atoms with Crippen LogP contribution in [0.5, 0.6) is 5.75 Å². The molecule has 1 fully saturated rings. The molecule has 1 aliphatic heterocycles. The zero-order valence-electron chi connectivity index (χ0n) is 21.5. The maximum Gasteiger partial charge on any atom is 0.414 e. The maximum absolute atomic E-state index is 13.4. The number of ether oxygens (including phenoxy) is 3. The summed E-state index contributed by atoms with van der Waals surface area (Å²) in [7, 11) is 0. The zero-order chi connectivity index (χ0) is 26.1. The van der Waals surface area contributed by atoms with E-state index in [1.165, 1.54) is 4.90 Å². The number of aromatic nitrogens is 1. The second-order valence-electron chi connectivity index (χ2n) is 9.70. The van der Waals surface area contributed by atoms with E-state index in [1.807, 2.05) is 25.7 Å². The highest BCUT2D eigenvalue weighted by atomic mass is 35.5. The minimum absolute atomic E-state index is 0.0664. The molecular formula is C27H36ClN3O5. The minimum atomic E-state index is -0.639. The van der Waals surface area contributed by atoms with E-state index in [1.54, 1.807) is 42.7 Å². The van der Waals surface area contributed by atoms with Gasteiger partial charge in [-0.25, -0.2) is 4.79 Å². The van der Waals surface area contributed by atoms with E-state index in [2.05, 4.69) is 11.9 Å². The molecule has 0 spiro atoms. The van der Waals surface area contributed by atoms with Crippen molar-refractivity contribution >= 4 is 29.3 Å².